The molecule has 2 aromatic rings. The largest absolute Gasteiger partial charge is 0.343 e. The van der Waals surface area contributed by atoms with E-state index in [2.05, 4.69) is 4.98 Å². The van der Waals surface area contributed by atoms with Gasteiger partial charge in [-0.15, -0.1) is 0 Å². The quantitative estimate of drug-likeness (QED) is 0.845. The van der Waals surface area contributed by atoms with Gasteiger partial charge < -0.3 is 15.3 Å². The van der Waals surface area contributed by atoms with Gasteiger partial charge >= 0.3 is 0 Å². The molecule has 1 saturated heterocycles. The normalized spacial score (nSPS) is 15.2. The number of likely N-dealkylation sites (tertiary alicyclic amines) is 1. The van der Waals surface area contributed by atoms with Crippen molar-refractivity contribution in [2.45, 2.75) is 32.6 Å². The first-order chi connectivity index (χ1) is 12.0. The van der Waals surface area contributed by atoms with Crippen molar-refractivity contribution in [2.24, 2.45) is 0 Å². The van der Waals surface area contributed by atoms with Crippen LogP contribution in [0.1, 0.15) is 42.5 Å². The van der Waals surface area contributed by atoms with Gasteiger partial charge in [0.1, 0.15) is 0 Å². The van der Waals surface area contributed by atoms with E-state index < -0.39 is 0 Å². The van der Waals surface area contributed by atoms with Crippen LogP contribution in [0.25, 0.3) is 11.1 Å². The molecule has 25 heavy (non-hydrogen) atoms. The molecule has 5 nitrogen and oxygen atoms in total. The fourth-order valence-electron chi connectivity index (χ4n) is 3.43. The van der Waals surface area contributed by atoms with E-state index in [0.29, 0.717) is 0 Å². The third kappa shape index (κ3) is 3.71. The maximum atomic E-state index is 12.2. The molecule has 0 aliphatic carbocycles. The van der Waals surface area contributed by atoms with Gasteiger partial charge in [0.15, 0.2) is 0 Å². The fraction of sp³-hybridized carbons (Fsp3) is 0.350. The van der Waals surface area contributed by atoms with Gasteiger partial charge in [0.2, 0.25) is 11.5 Å². The van der Waals surface area contributed by atoms with Crippen LogP contribution < -0.4 is 5.56 Å². The Morgan fingerprint density at radius 3 is 2.56 bits per heavy atom. The molecule has 1 aromatic heterocycles. The van der Waals surface area contributed by atoms with Gasteiger partial charge in [-0.2, -0.15) is 0 Å². The highest BCUT2D eigenvalue weighted by atomic mass is 16.2. The maximum Gasteiger partial charge on any atom is 0.248 e. The molecule has 0 radical (unpaired) electrons. The number of rotatable bonds is 3. The second-order valence-corrected chi connectivity index (χ2v) is 6.68. The monoisotopic (exact) mass is 337 g/mol. The molecule has 0 spiro atoms. The molecule has 0 atom stereocenters. The third-order valence-corrected chi connectivity index (χ3v) is 5.01. The minimum Gasteiger partial charge on any atom is -0.343 e. The fourth-order valence-corrected chi connectivity index (χ4v) is 3.43. The van der Waals surface area contributed by atoms with E-state index in [1.807, 2.05) is 36.1 Å². The van der Waals surface area contributed by atoms with Crippen molar-refractivity contribution >= 4 is 12.1 Å². The van der Waals surface area contributed by atoms with Crippen molar-refractivity contribution in [3.8, 4) is 11.1 Å². The van der Waals surface area contributed by atoms with E-state index in [1.54, 1.807) is 13.0 Å². The summed E-state index contributed by atoms with van der Waals surface area (Å²) in [6, 6.07) is 9.54. The van der Waals surface area contributed by atoms with Crippen molar-refractivity contribution < 1.29 is 4.79 Å². The molecule has 1 fully saturated rings. The van der Waals surface area contributed by atoms with Crippen LogP contribution in [-0.2, 0) is 4.79 Å². The van der Waals surface area contributed by atoms with Crippen LogP contribution in [0.2, 0.25) is 0 Å². The second-order valence-electron chi connectivity index (χ2n) is 6.68. The van der Waals surface area contributed by atoms with E-state index in [0.717, 1.165) is 53.9 Å². The number of nitrogens with one attached hydrogen (secondary N) is 2. The van der Waals surface area contributed by atoms with E-state index in [-0.39, 0.29) is 17.4 Å². The summed E-state index contributed by atoms with van der Waals surface area (Å²) in [5.74, 6) is 0.371. The Hall–Kier alpha value is -2.69. The summed E-state index contributed by atoms with van der Waals surface area (Å²) in [7, 11) is 0. The summed E-state index contributed by atoms with van der Waals surface area (Å²) in [5, 5.41) is 7.52. The number of aromatic nitrogens is 1. The van der Waals surface area contributed by atoms with Crippen LogP contribution in [-0.4, -0.2) is 35.1 Å². The number of hydrogen-bond acceptors (Lipinski definition) is 3. The number of nitrogens with zero attached hydrogens (tertiary/aromatic N) is 1. The molecule has 0 saturated carbocycles. The lowest BCUT2D eigenvalue weighted by molar-refractivity contribution is -0.129. The molecule has 1 aliphatic rings. The van der Waals surface area contributed by atoms with Crippen LogP contribution in [0.15, 0.2) is 35.1 Å². The molecule has 2 N–H and O–H groups in total. The molecule has 1 aromatic carbocycles. The Bertz CT molecular complexity index is 861. The Morgan fingerprint density at radius 2 is 1.92 bits per heavy atom. The first kappa shape index (κ1) is 17.1. The van der Waals surface area contributed by atoms with Gasteiger partial charge in [0.05, 0.1) is 0 Å². The van der Waals surface area contributed by atoms with Gasteiger partial charge in [-0.05, 0) is 54.2 Å². The lowest BCUT2D eigenvalue weighted by Crippen LogP contribution is -2.36. The summed E-state index contributed by atoms with van der Waals surface area (Å²) in [6.45, 7) is 5.03. The van der Waals surface area contributed by atoms with Crippen molar-refractivity contribution in [3.05, 3.63) is 57.5 Å². The van der Waals surface area contributed by atoms with E-state index in [1.165, 1.54) is 6.21 Å². The summed E-state index contributed by atoms with van der Waals surface area (Å²) >= 11 is 0. The van der Waals surface area contributed by atoms with Crippen molar-refractivity contribution in [1.82, 2.24) is 9.88 Å². The Balaban J connectivity index is 1.90. The van der Waals surface area contributed by atoms with Gasteiger partial charge in [0, 0.05) is 43.9 Å². The minimum absolute atomic E-state index is 0.111. The van der Waals surface area contributed by atoms with E-state index in [9.17, 15) is 9.59 Å². The first-order valence-corrected chi connectivity index (χ1v) is 8.59. The molecular weight excluding hydrogens is 314 g/mol. The van der Waals surface area contributed by atoms with Gasteiger partial charge in [0.25, 0.3) is 0 Å². The molecule has 0 unspecified atom stereocenters. The number of carbonyl (C=O) groups excluding carboxylic acids is 1. The number of H-pyrrole nitrogens is 1. The van der Waals surface area contributed by atoms with Crippen LogP contribution >= 0.6 is 0 Å². The van der Waals surface area contributed by atoms with Crippen molar-refractivity contribution in [3.63, 3.8) is 0 Å². The molecule has 2 heterocycles. The van der Waals surface area contributed by atoms with E-state index >= 15 is 0 Å². The topological polar surface area (TPSA) is 77.0 Å². The zero-order valence-electron chi connectivity index (χ0n) is 14.6. The first-order valence-electron chi connectivity index (χ1n) is 8.59. The lowest BCUT2D eigenvalue weighted by atomic mass is 9.91. The Morgan fingerprint density at radius 1 is 1.20 bits per heavy atom. The van der Waals surface area contributed by atoms with Crippen LogP contribution in [0, 0.1) is 12.3 Å². The number of pyridine rings is 1. The Labute approximate surface area is 147 Å². The number of aromatic amines is 1. The average Bonchev–Trinajstić information content (AvgIpc) is 2.61. The maximum absolute atomic E-state index is 12.2. The highest BCUT2D eigenvalue weighted by Gasteiger charge is 2.23. The van der Waals surface area contributed by atoms with Gasteiger partial charge in [-0.3, -0.25) is 9.59 Å². The second kappa shape index (κ2) is 7.05. The predicted molar refractivity (Wildman–Crippen MR) is 99.4 cm³/mol. The van der Waals surface area contributed by atoms with Gasteiger partial charge in [-0.1, -0.05) is 12.1 Å². The van der Waals surface area contributed by atoms with Gasteiger partial charge in [-0.25, -0.2) is 0 Å². The third-order valence-electron chi connectivity index (χ3n) is 5.01. The SMILES string of the molecule is CC(=O)N1CCC(c2cc(-c3ccc(C)c(C=N)c3)cc(=O)[nH]2)CC1. The molecule has 130 valence electrons. The molecule has 5 heteroatoms. The molecule has 3 rings (SSSR count). The standard InChI is InChI=1S/C20H23N3O2/c1-13-3-4-16(9-18(13)12-21)17-10-19(22-20(25)11-17)15-5-7-23(8-6-15)14(2)24/h3-4,9-12,15,21H,5-8H2,1-2H3,(H,22,25). The zero-order valence-corrected chi connectivity index (χ0v) is 14.6. The van der Waals surface area contributed by atoms with Crippen molar-refractivity contribution in [2.75, 3.05) is 13.1 Å². The van der Waals surface area contributed by atoms with Crippen molar-refractivity contribution in [1.29, 1.82) is 5.41 Å². The summed E-state index contributed by atoms with van der Waals surface area (Å²) in [4.78, 5) is 28.5. The van der Waals surface area contributed by atoms with Crippen LogP contribution in [0.3, 0.4) is 0 Å². The number of benzene rings is 1. The predicted octanol–water partition coefficient (Wildman–Crippen LogP) is 3.07. The number of aryl methyl sites for hydroxylation is 1. The Kier molecular flexibility index (Phi) is 4.83. The summed E-state index contributed by atoms with van der Waals surface area (Å²) in [5.41, 5.74) is 4.53. The summed E-state index contributed by atoms with van der Waals surface area (Å²) < 4.78 is 0. The van der Waals surface area contributed by atoms with Crippen LogP contribution in [0.4, 0.5) is 0 Å². The highest BCUT2D eigenvalue weighted by Crippen LogP contribution is 2.29. The molecular formula is C20H23N3O2. The number of carbonyl (C=O) groups is 1. The highest BCUT2D eigenvalue weighted by molar-refractivity contribution is 5.82. The van der Waals surface area contributed by atoms with Crippen LogP contribution in [0.5, 0.6) is 0 Å². The molecule has 1 amide bonds. The number of amides is 1. The average molecular weight is 337 g/mol. The van der Waals surface area contributed by atoms with E-state index in [4.69, 9.17) is 5.41 Å². The molecule has 0 bridgehead atoms. The smallest absolute Gasteiger partial charge is 0.248 e. The minimum atomic E-state index is -0.113. The summed E-state index contributed by atoms with van der Waals surface area (Å²) in [6.07, 6.45) is 3.06. The number of hydrogen-bond donors (Lipinski definition) is 2. The lowest BCUT2D eigenvalue weighted by Gasteiger charge is -2.31. The zero-order chi connectivity index (χ0) is 18.0. The number of piperidine rings is 1. The molecule has 1 aliphatic heterocycles.